The lowest BCUT2D eigenvalue weighted by Gasteiger charge is -2.35. The summed E-state index contributed by atoms with van der Waals surface area (Å²) in [6, 6.07) is 8.48. The van der Waals surface area contributed by atoms with Crippen molar-refractivity contribution in [3.05, 3.63) is 47.5 Å². The number of ketones is 1. The molecular weight excluding hydrogens is 572 g/mol. The van der Waals surface area contributed by atoms with Crippen LogP contribution in [0.3, 0.4) is 0 Å². The van der Waals surface area contributed by atoms with Gasteiger partial charge < -0.3 is 64.5 Å². The molecule has 0 aromatic heterocycles. The number of ether oxygens (including phenoxy) is 5. The van der Waals surface area contributed by atoms with Crippen LogP contribution in [-0.2, 0) is 14.2 Å². The van der Waals surface area contributed by atoms with Gasteiger partial charge in [-0.3, -0.25) is 4.79 Å². The molecule has 14 heteroatoms. The molecule has 1 heterocycles. The SMILES string of the molecule is CC(C)OC(O[C@@H](CO)[C@H](Oc1cc(O)c2c(c1)O[C@H](c1ccc(O)cc1)CC2=O)OC(CO)[C@H](C)O)[C@H](O)[C@@H](O)CO. The zero-order valence-electron chi connectivity index (χ0n) is 24.0. The van der Waals surface area contributed by atoms with Crippen molar-refractivity contribution < 1.29 is 69.3 Å². The van der Waals surface area contributed by atoms with Gasteiger partial charge in [-0.05, 0) is 38.5 Å². The average Bonchev–Trinajstić information content (AvgIpc) is 2.96. The Hall–Kier alpha value is -3.05. The molecular formula is C29H40O14. The maximum absolute atomic E-state index is 12.9. The maximum Gasteiger partial charge on any atom is 0.229 e. The van der Waals surface area contributed by atoms with Crippen molar-refractivity contribution in [3.63, 3.8) is 0 Å². The summed E-state index contributed by atoms with van der Waals surface area (Å²) in [4.78, 5) is 12.9. The minimum absolute atomic E-state index is 0.0266. The number of aliphatic hydroxyl groups excluding tert-OH is 6. The van der Waals surface area contributed by atoms with Crippen LogP contribution in [0, 0.1) is 0 Å². The predicted octanol–water partition coefficient (Wildman–Crippen LogP) is 0.110. The molecule has 8 N–H and O–H groups in total. The Bertz CT molecular complexity index is 1170. The van der Waals surface area contributed by atoms with Gasteiger partial charge in [-0.15, -0.1) is 0 Å². The molecule has 0 saturated heterocycles. The third-order valence-corrected chi connectivity index (χ3v) is 6.58. The van der Waals surface area contributed by atoms with E-state index in [2.05, 4.69) is 0 Å². The molecule has 0 bridgehead atoms. The van der Waals surface area contributed by atoms with Crippen molar-refractivity contribution in [2.24, 2.45) is 0 Å². The van der Waals surface area contributed by atoms with Crippen molar-refractivity contribution in [3.8, 4) is 23.0 Å². The summed E-state index contributed by atoms with van der Waals surface area (Å²) in [6.07, 6.45) is -12.0. The van der Waals surface area contributed by atoms with Crippen LogP contribution in [0.2, 0.25) is 0 Å². The molecule has 0 aliphatic carbocycles. The van der Waals surface area contributed by atoms with Gasteiger partial charge in [0.05, 0.1) is 38.4 Å². The fourth-order valence-electron chi connectivity index (χ4n) is 4.28. The highest BCUT2D eigenvalue weighted by Gasteiger charge is 2.37. The van der Waals surface area contributed by atoms with E-state index >= 15 is 0 Å². The van der Waals surface area contributed by atoms with Crippen LogP contribution in [0.5, 0.6) is 23.0 Å². The molecule has 0 fully saturated rings. The van der Waals surface area contributed by atoms with E-state index in [1.54, 1.807) is 26.0 Å². The lowest BCUT2D eigenvalue weighted by atomic mass is 9.95. The molecule has 8 atom stereocenters. The lowest BCUT2D eigenvalue weighted by Crippen LogP contribution is -2.51. The van der Waals surface area contributed by atoms with Gasteiger partial charge in [0.25, 0.3) is 0 Å². The third-order valence-electron chi connectivity index (χ3n) is 6.58. The first-order valence-corrected chi connectivity index (χ1v) is 13.7. The van der Waals surface area contributed by atoms with Crippen molar-refractivity contribution in [2.45, 2.75) is 82.5 Å². The molecule has 3 rings (SSSR count). The van der Waals surface area contributed by atoms with Crippen LogP contribution < -0.4 is 9.47 Å². The molecule has 2 unspecified atom stereocenters. The number of carbonyl (C=O) groups excluding carboxylic acids is 1. The van der Waals surface area contributed by atoms with Crippen LogP contribution >= 0.6 is 0 Å². The van der Waals surface area contributed by atoms with Crippen molar-refractivity contribution in [2.75, 3.05) is 19.8 Å². The number of aromatic hydroxyl groups is 2. The second-order valence-corrected chi connectivity index (χ2v) is 10.4. The van der Waals surface area contributed by atoms with Crippen molar-refractivity contribution in [1.29, 1.82) is 0 Å². The van der Waals surface area contributed by atoms with Gasteiger partial charge >= 0.3 is 0 Å². The van der Waals surface area contributed by atoms with E-state index in [0.717, 1.165) is 6.07 Å². The first-order chi connectivity index (χ1) is 20.4. The molecule has 43 heavy (non-hydrogen) atoms. The maximum atomic E-state index is 12.9. The quantitative estimate of drug-likeness (QED) is 0.118. The fraction of sp³-hybridized carbons (Fsp3) is 0.552. The van der Waals surface area contributed by atoms with Crippen LogP contribution in [-0.4, -0.2) is 116 Å². The van der Waals surface area contributed by atoms with Gasteiger partial charge in [0.15, 0.2) is 12.1 Å². The van der Waals surface area contributed by atoms with Gasteiger partial charge in [0.2, 0.25) is 6.29 Å². The summed E-state index contributed by atoms with van der Waals surface area (Å²) in [5, 5.41) is 80.1. The summed E-state index contributed by atoms with van der Waals surface area (Å²) in [5.41, 5.74) is 0.513. The van der Waals surface area contributed by atoms with Crippen LogP contribution in [0.25, 0.3) is 0 Å². The van der Waals surface area contributed by atoms with E-state index in [1.165, 1.54) is 25.1 Å². The highest BCUT2D eigenvalue weighted by Crippen LogP contribution is 2.42. The van der Waals surface area contributed by atoms with Gasteiger partial charge in [-0.2, -0.15) is 0 Å². The smallest absolute Gasteiger partial charge is 0.229 e. The Balaban J connectivity index is 1.95. The lowest BCUT2D eigenvalue weighted by molar-refractivity contribution is -0.293. The molecule has 0 radical (unpaired) electrons. The van der Waals surface area contributed by atoms with Gasteiger partial charge in [-0.25, -0.2) is 0 Å². The molecule has 0 saturated carbocycles. The Morgan fingerprint density at radius 1 is 0.860 bits per heavy atom. The summed E-state index contributed by atoms with van der Waals surface area (Å²) in [5.74, 6) is -1.00. The zero-order valence-corrected chi connectivity index (χ0v) is 24.0. The number of Topliss-reactive ketones (excluding diaryl/α,β-unsaturated/α-hetero) is 1. The van der Waals surface area contributed by atoms with Gasteiger partial charge in [0, 0.05) is 12.1 Å². The molecule has 0 amide bonds. The number of phenolic OH excluding ortho intramolecular Hbond substituents is 2. The molecule has 2 aromatic rings. The standard InChI is InChI=1S/C29H40O14/c1-14(2)39-29(27(38)21(37)11-30)43-25(13-32)28(42-24(12-31)15(3)33)40-18-8-19(35)26-20(36)10-22(41-23(26)9-18)16-4-6-17(34)7-5-16/h4-9,14-15,21-22,24-25,27-35,37-38H,10-13H2,1-3H3/t15-,21-,22-,24?,25-,27+,28+,29?/m0/s1. The second kappa shape index (κ2) is 15.6. The number of phenols is 2. The van der Waals surface area contributed by atoms with E-state index in [1.807, 2.05) is 0 Å². The number of rotatable bonds is 16. The number of carbonyl (C=O) groups is 1. The Kier molecular flexibility index (Phi) is 12.5. The minimum atomic E-state index is -1.77. The molecule has 2 aromatic carbocycles. The number of benzene rings is 2. The van der Waals surface area contributed by atoms with E-state index in [9.17, 15) is 45.6 Å². The van der Waals surface area contributed by atoms with Gasteiger partial charge in [0.1, 0.15) is 59.1 Å². The first kappa shape index (κ1) is 34.4. The zero-order chi connectivity index (χ0) is 31.8. The molecule has 14 nitrogen and oxygen atoms in total. The van der Waals surface area contributed by atoms with E-state index in [0.29, 0.717) is 5.56 Å². The summed E-state index contributed by atoms with van der Waals surface area (Å²) >= 11 is 0. The van der Waals surface area contributed by atoms with E-state index in [-0.39, 0.29) is 29.2 Å². The summed E-state index contributed by atoms with van der Waals surface area (Å²) in [6.45, 7) is 2.25. The summed E-state index contributed by atoms with van der Waals surface area (Å²) < 4.78 is 28.9. The van der Waals surface area contributed by atoms with E-state index < -0.39 is 86.7 Å². The average molecular weight is 613 g/mol. The molecule has 1 aliphatic rings. The minimum Gasteiger partial charge on any atom is -0.508 e. The van der Waals surface area contributed by atoms with Crippen molar-refractivity contribution >= 4 is 5.78 Å². The third kappa shape index (κ3) is 8.98. The highest BCUT2D eigenvalue weighted by atomic mass is 16.7. The van der Waals surface area contributed by atoms with Crippen LogP contribution in [0.4, 0.5) is 0 Å². The Morgan fingerprint density at radius 2 is 1.49 bits per heavy atom. The fourth-order valence-corrected chi connectivity index (χ4v) is 4.28. The molecule has 1 aliphatic heterocycles. The number of aliphatic hydroxyl groups is 6. The van der Waals surface area contributed by atoms with Crippen LogP contribution in [0.15, 0.2) is 36.4 Å². The van der Waals surface area contributed by atoms with E-state index in [4.69, 9.17) is 23.7 Å². The monoisotopic (exact) mass is 612 g/mol. The Labute approximate surface area is 248 Å². The first-order valence-electron chi connectivity index (χ1n) is 13.7. The second-order valence-electron chi connectivity index (χ2n) is 10.4. The van der Waals surface area contributed by atoms with Gasteiger partial charge in [-0.1, -0.05) is 12.1 Å². The van der Waals surface area contributed by atoms with Crippen molar-refractivity contribution in [1.82, 2.24) is 0 Å². The highest BCUT2D eigenvalue weighted by molar-refractivity contribution is 6.02. The number of hydrogen-bond donors (Lipinski definition) is 8. The molecule has 0 spiro atoms. The Morgan fingerprint density at radius 3 is 2.05 bits per heavy atom. The number of fused-ring (bicyclic) bond motifs is 1. The summed E-state index contributed by atoms with van der Waals surface area (Å²) in [7, 11) is 0. The topological polar surface area (TPSA) is 225 Å². The number of hydrogen-bond acceptors (Lipinski definition) is 14. The largest absolute Gasteiger partial charge is 0.508 e. The normalized spacial score (nSPS) is 20.0. The predicted molar refractivity (Wildman–Crippen MR) is 148 cm³/mol. The molecule has 240 valence electrons. The van der Waals surface area contributed by atoms with Crippen LogP contribution in [0.1, 0.15) is 49.2 Å².